The van der Waals surface area contributed by atoms with Gasteiger partial charge in [-0.05, 0) is 57.4 Å². The van der Waals surface area contributed by atoms with E-state index < -0.39 is 12.1 Å². The van der Waals surface area contributed by atoms with Crippen molar-refractivity contribution in [2.24, 2.45) is 0 Å². The van der Waals surface area contributed by atoms with E-state index in [9.17, 15) is 10.4 Å². The van der Waals surface area contributed by atoms with Crippen LogP contribution in [-0.4, -0.2) is 66.6 Å². The summed E-state index contributed by atoms with van der Waals surface area (Å²) in [5, 5.41) is 27.0. The normalized spacial score (nSPS) is 28.0. The fourth-order valence-corrected chi connectivity index (χ4v) is 7.19. The third-order valence-corrected chi connectivity index (χ3v) is 8.94. The molecule has 2 aromatic carbocycles. The second-order valence-corrected chi connectivity index (χ2v) is 10.6. The van der Waals surface area contributed by atoms with E-state index in [0.29, 0.717) is 36.7 Å². The van der Waals surface area contributed by atoms with E-state index in [-0.39, 0.29) is 31.5 Å². The number of aliphatic hydroxyl groups is 1. The number of ether oxygens (including phenoxy) is 3. The summed E-state index contributed by atoms with van der Waals surface area (Å²) in [4.78, 5) is 4.47. The molecule has 194 valence electrons. The number of phenols is 1. The maximum absolute atomic E-state index is 11.4. The molecule has 1 fully saturated rings. The first-order valence-electron chi connectivity index (χ1n) is 13.2. The molecule has 4 aliphatic rings. The minimum atomic E-state index is -0.455. The van der Waals surface area contributed by atoms with Crippen LogP contribution in [0.1, 0.15) is 51.0 Å². The largest absolute Gasteiger partial charge is 0.507 e. The van der Waals surface area contributed by atoms with Gasteiger partial charge in [0.25, 0.3) is 0 Å². The first-order valence-corrected chi connectivity index (χ1v) is 12.8. The Labute approximate surface area is 218 Å². The summed E-state index contributed by atoms with van der Waals surface area (Å²) < 4.78 is 25.9. The minimum Gasteiger partial charge on any atom is -0.507 e. The lowest BCUT2D eigenvalue weighted by Gasteiger charge is -2.59. The highest BCUT2D eigenvalue weighted by Gasteiger charge is 2.56. The number of nitriles is 1. The summed E-state index contributed by atoms with van der Waals surface area (Å²) in [6.07, 6.45) is 2.93. The molecule has 2 aromatic rings. The van der Waals surface area contributed by atoms with Gasteiger partial charge in [0.1, 0.15) is 24.1 Å². The lowest BCUT2D eigenvalue weighted by atomic mass is 9.71. The first kappa shape index (κ1) is 22.9. The van der Waals surface area contributed by atoms with Crippen LogP contribution >= 0.6 is 0 Å². The molecule has 0 spiro atoms. The van der Waals surface area contributed by atoms with E-state index >= 15 is 0 Å². The number of likely N-dealkylation sites (N-methyl/N-ethyl adjacent to an activating group) is 1. The lowest BCUT2D eigenvalue weighted by molar-refractivity contribution is -0.0825. The van der Waals surface area contributed by atoms with Gasteiger partial charge in [0.05, 0.1) is 24.8 Å². The van der Waals surface area contributed by atoms with Crippen LogP contribution in [0.5, 0.6) is 23.0 Å². The number of hydrogen-bond acceptors (Lipinski definition) is 8. The molecule has 4 heterocycles. The number of aromatic hydroxyl groups is 1. The Morgan fingerprint density at radius 2 is 2.00 bits per heavy atom. The summed E-state index contributed by atoms with van der Waals surface area (Å²) in [6.45, 7) is 10.2. The highest BCUT2D eigenvalue weighted by atomic mass is 16.7. The quantitative estimate of drug-likeness (QED) is 0.597. The highest BCUT2D eigenvalue weighted by molar-refractivity contribution is 5.66. The molecule has 6 rings (SSSR count). The van der Waals surface area contributed by atoms with Crippen molar-refractivity contribution in [3.63, 3.8) is 0 Å². The summed E-state index contributed by atoms with van der Waals surface area (Å²) in [5.74, 6) is 2.32. The average molecular weight is 506 g/mol. The molecule has 0 radical (unpaired) electrons. The molecule has 0 aromatic heterocycles. The third-order valence-electron chi connectivity index (χ3n) is 8.94. The second-order valence-electron chi connectivity index (χ2n) is 10.6. The zero-order valence-corrected chi connectivity index (χ0v) is 21.7. The SMILES string of the molecule is [3H]OC[C@H]1c2c(c(OCC=C)c(C)c3c2OCO3)CC2[C@H]3c4c(cc(C)c(C)c4O)C[C@@H]([C@H](C#N)N21)N3C. The molecular formula is C29H33N3O5. The number of phenolic OH excluding ortho intramolecular Hbond substituents is 1. The zero-order valence-electron chi connectivity index (χ0n) is 22.7. The van der Waals surface area contributed by atoms with E-state index in [2.05, 4.69) is 35.6 Å². The maximum atomic E-state index is 11.4. The zero-order chi connectivity index (χ0) is 26.9. The predicted octanol–water partition coefficient (Wildman–Crippen LogP) is 3.37. The summed E-state index contributed by atoms with van der Waals surface area (Å²) in [5.41, 5.74) is 6.64. The smallest absolute Gasteiger partial charge is 0.231 e. The van der Waals surface area contributed by atoms with Crippen molar-refractivity contribution >= 4 is 0 Å². The molecule has 0 saturated carbocycles. The summed E-state index contributed by atoms with van der Waals surface area (Å²) >= 11 is 0. The van der Waals surface area contributed by atoms with E-state index in [1.54, 1.807) is 6.08 Å². The van der Waals surface area contributed by atoms with Crippen molar-refractivity contribution in [2.45, 2.75) is 63.8 Å². The molecule has 5 atom stereocenters. The Morgan fingerprint density at radius 1 is 1.22 bits per heavy atom. The molecule has 0 aliphatic carbocycles. The van der Waals surface area contributed by atoms with E-state index in [0.717, 1.165) is 44.7 Å². The number of rotatable bonds is 5. The summed E-state index contributed by atoms with van der Waals surface area (Å²) in [6, 6.07) is 3.46. The molecule has 8 heteroatoms. The van der Waals surface area contributed by atoms with Gasteiger partial charge in [-0.3, -0.25) is 9.80 Å². The van der Waals surface area contributed by atoms with Crippen LogP contribution in [0.25, 0.3) is 0 Å². The van der Waals surface area contributed by atoms with Crippen LogP contribution in [-0.2, 0) is 12.8 Å². The van der Waals surface area contributed by atoms with Crippen LogP contribution in [0.2, 0.25) is 0 Å². The van der Waals surface area contributed by atoms with Gasteiger partial charge in [-0.15, -0.1) is 0 Å². The molecule has 2 N–H and O–H groups in total. The van der Waals surface area contributed by atoms with Crippen molar-refractivity contribution in [1.29, 1.82) is 6.69 Å². The van der Waals surface area contributed by atoms with E-state index in [4.69, 9.17) is 20.8 Å². The highest BCUT2D eigenvalue weighted by Crippen LogP contribution is 2.57. The fraction of sp³-hybridized carbons (Fsp3) is 0.483. The van der Waals surface area contributed by atoms with E-state index in [1.807, 2.05) is 20.8 Å². The number of aryl methyl sites for hydroxylation is 1. The minimum absolute atomic E-state index is 0.0519. The first-order chi connectivity index (χ1) is 18.3. The topological polar surface area (TPSA) is 98.4 Å². The van der Waals surface area contributed by atoms with Crippen LogP contribution in [0, 0.1) is 32.1 Å². The Bertz CT molecular complexity index is 1370. The van der Waals surface area contributed by atoms with Gasteiger partial charge < -0.3 is 24.4 Å². The standard InChI is InChI=1S/C29H33N3O5/c1-6-7-35-27-16(4)28-29(37-13-36-28)24-18(27)10-20-25-23-17(8-14(2)15(3)26(23)34)9-19(31(25)5)21(11-30)32(20)22(24)12-33/h6,8,19-22,25,33-34H,1,7,9-10,12-13H2,2-5H3/t19-,20?,21-,22-,25-/m0/s1/i33T. The van der Waals surface area contributed by atoms with Gasteiger partial charge in [0.15, 0.2) is 11.5 Å². The number of aliphatic hydroxyl groups excluding tert-OH is 1. The number of piperazine rings is 1. The molecule has 8 nitrogen and oxygen atoms in total. The van der Waals surface area contributed by atoms with Crippen molar-refractivity contribution in [2.75, 3.05) is 27.1 Å². The molecule has 0 amide bonds. The molecule has 2 bridgehead atoms. The number of fused-ring (bicyclic) bond motifs is 9. The second kappa shape index (κ2) is 8.66. The molecule has 37 heavy (non-hydrogen) atoms. The van der Waals surface area contributed by atoms with Gasteiger partial charge in [0.2, 0.25) is 8.22 Å². The molecular weight excluding hydrogens is 470 g/mol. The van der Waals surface area contributed by atoms with Gasteiger partial charge >= 0.3 is 0 Å². The van der Waals surface area contributed by atoms with Crippen molar-refractivity contribution in [1.82, 2.24) is 9.80 Å². The lowest BCUT2D eigenvalue weighted by Crippen LogP contribution is -2.68. The van der Waals surface area contributed by atoms with Crippen molar-refractivity contribution in [3.8, 4) is 29.1 Å². The molecule has 1 unspecified atom stereocenters. The third kappa shape index (κ3) is 3.18. The van der Waals surface area contributed by atoms with Crippen LogP contribution in [0.15, 0.2) is 18.7 Å². The van der Waals surface area contributed by atoms with E-state index in [1.165, 1.54) is 0 Å². The van der Waals surface area contributed by atoms with Gasteiger partial charge in [-0.1, -0.05) is 18.7 Å². The van der Waals surface area contributed by atoms with Gasteiger partial charge in [-0.2, -0.15) is 5.26 Å². The Hall–Kier alpha value is -3.25. The number of nitrogens with zero attached hydrogens (tertiary/aromatic N) is 3. The van der Waals surface area contributed by atoms with Gasteiger partial charge in [0, 0.05) is 34.3 Å². The van der Waals surface area contributed by atoms with Crippen LogP contribution in [0.3, 0.4) is 0 Å². The van der Waals surface area contributed by atoms with Crippen molar-refractivity contribution in [3.05, 3.63) is 57.7 Å². The molecule has 1 saturated heterocycles. The number of hydrogen-bond donors (Lipinski definition) is 2. The van der Waals surface area contributed by atoms with Crippen molar-refractivity contribution < 1.29 is 24.4 Å². The Balaban J connectivity index is 1.61. The van der Waals surface area contributed by atoms with Gasteiger partial charge in [-0.25, -0.2) is 0 Å². The monoisotopic (exact) mass is 505 g/mol. The van der Waals surface area contributed by atoms with Crippen LogP contribution in [0.4, 0.5) is 0 Å². The maximum Gasteiger partial charge on any atom is 0.231 e. The summed E-state index contributed by atoms with van der Waals surface area (Å²) in [7, 11) is 2.06. The Kier molecular flexibility index (Phi) is 5.36. The number of benzene rings is 2. The average Bonchev–Trinajstić information content (AvgIpc) is 3.39. The predicted molar refractivity (Wildman–Crippen MR) is 137 cm³/mol. The fourth-order valence-electron chi connectivity index (χ4n) is 7.19. The van der Waals surface area contributed by atoms with Crippen LogP contribution < -0.4 is 14.2 Å². The Morgan fingerprint density at radius 3 is 2.73 bits per heavy atom. The molecule has 4 aliphatic heterocycles.